The van der Waals surface area contributed by atoms with E-state index in [0.29, 0.717) is 5.92 Å². The van der Waals surface area contributed by atoms with Gasteiger partial charge in [-0.25, -0.2) is 0 Å². The fourth-order valence-electron chi connectivity index (χ4n) is 2.86. The zero-order chi connectivity index (χ0) is 16.9. The molecule has 0 N–H and O–H groups in total. The van der Waals surface area contributed by atoms with Crippen molar-refractivity contribution in [3.8, 4) is 0 Å². The highest BCUT2D eigenvalue weighted by atomic mass is 14.2. The van der Waals surface area contributed by atoms with Gasteiger partial charge in [-0.05, 0) is 59.3 Å². The lowest BCUT2D eigenvalue weighted by molar-refractivity contribution is 0.506. The molecule has 0 aliphatic carbocycles. The third-order valence-electron chi connectivity index (χ3n) is 5.48. The second kappa shape index (κ2) is 7.81. The molecule has 1 unspecified atom stereocenters. The van der Waals surface area contributed by atoms with Gasteiger partial charge in [-0.15, -0.1) is 0 Å². The summed E-state index contributed by atoms with van der Waals surface area (Å²) < 4.78 is 0. The SMILES string of the molecule is CCC(C)c1ccc(CCc2ccc(C(C)(C)CC)cc2)cc1. The Morgan fingerprint density at radius 2 is 1.26 bits per heavy atom. The van der Waals surface area contributed by atoms with Crippen molar-refractivity contribution in [1.29, 1.82) is 0 Å². The third-order valence-corrected chi connectivity index (χ3v) is 5.48. The molecule has 23 heavy (non-hydrogen) atoms. The van der Waals surface area contributed by atoms with Gasteiger partial charge in [0.2, 0.25) is 0 Å². The van der Waals surface area contributed by atoms with Crippen molar-refractivity contribution in [2.45, 2.75) is 71.6 Å². The average molecular weight is 309 g/mol. The molecule has 0 saturated carbocycles. The molecular formula is C23H32. The number of aryl methyl sites for hydroxylation is 2. The molecule has 124 valence electrons. The minimum absolute atomic E-state index is 0.282. The molecule has 0 heterocycles. The minimum Gasteiger partial charge on any atom is -0.0648 e. The van der Waals surface area contributed by atoms with Gasteiger partial charge >= 0.3 is 0 Å². The Morgan fingerprint density at radius 3 is 1.70 bits per heavy atom. The molecule has 0 nitrogen and oxygen atoms in total. The molecule has 0 bridgehead atoms. The molecule has 0 spiro atoms. The average Bonchev–Trinajstić information content (AvgIpc) is 2.60. The predicted octanol–water partition coefficient (Wildman–Crippen LogP) is 6.67. The van der Waals surface area contributed by atoms with Crippen LogP contribution in [0.3, 0.4) is 0 Å². The zero-order valence-electron chi connectivity index (χ0n) is 15.5. The van der Waals surface area contributed by atoms with E-state index in [1.54, 1.807) is 0 Å². The quantitative estimate of drug-likeness (QED) is 0.535. The van der Waals surface area contributed by atoms with Crippen LogP contribution in [0.5, 0.6) is 0 Å². The van der Waals surface area contributed by atoms with Crippen molar-refractivity contribution >= 4 is 0 Å². The predicted molar refractivity (Wildman–Crippen MR) is 102 cm³/mol. The van der Waals surface area contributed by atoms with Gasteiger partial charge in [-0.2, -0.15) is 0 Å². The van der Waals surface area contributed by atoms with Crippen molar-refractivity contribution in [2.24, 2.45) is 0 Å². The Hall–Kier alpha value is -1.56. The number of hydrogen-bond acceptors (Lipinski definition) is 0. The molecule has 2 aromatic carbocycles. The molecule has 0 aromatic heterocycles. The van der Waals surface area contributed by atoms with Gasteiger partial charge in [0.15, 0.2) is 0 Å². The monoisotopic (exact) mass is 308 g/mol. The van der Waals surface area contributed by atoms with E-state index in [4.69, 9.17) is 0 Å². The molecule has 1 atom stereocenters. The maximum atomic E-state index is 2.32. The number of benzene rings is 2. The topological polar surface area (TPSA) is 0 Å². The molecule has 0 amide bonds. The van der Waals surface area contributed by atoms with Crippen LogP contribution in [0.1, 0.15) is 75.6 Å². The highest BCUT2D eigenvalue weighted by molar-refractivity contribution is 5.30. The lowest BCUT2D eigenvalue weighted by Crippen LogP contribution is -2.15. The van der Waals surface area contributed by atoms with Crippen LogP contribution in [0.2, 0.25) is 0 Å². The van der Waals surface area contributed by atoms with E-state index in [1.807, 2.05) is 0 Å². The van der Waals surface area contributed by atoms with Crippen LogP contribution >= 0.6 is 0 Å². The molecule has 0 aliphatic heterocycles. The van der Waals surface area contributed by atoms with E-state index in [2.05, 4.69) is 83.1 Å². The second-order valence-electron chi connectivity index (χ2n) is 7.49. The Kier molecular flexibility index (Phi) is 6.04. The molecule has 0 fully saturated rings. The van der Waals surface area contributed by atoms with E-state index >= 15 is 0 Å². The van der Waals surface area contributed by atoms with Crippen molar-refractivity contribution in [3.63, 3.8) is 0 Å². The molecule has 0 saturated heterocycles. The first-order valence-electron chi connectivity index (χ1n) is 9.14. The van der Waals surface area contributed by atoms with Gasteiger partial charge < -0.3 is 0 Å². The molecule has 0 aliphatic rings. The number of hydrogen-bond donors (Lipinski definition) is 0. The van der Waals surface area contributed by atoms with Crippen LogP contribution < -0.4 is 0 Å². The maximum Gasteiger partial charge on any atom is -0.0106 e. The van der Waals surface area contributed by atoms with Crippen molar-refractivity contribution in [1.82, 2.24) is 0 Å². The summed E-state index contributed by atoms with van der Waals surface area (Å²) in [6, 6.07) is 18.4. The van der Waals surface area contributed by atoms with Crippen LogP contribution in [-0.4, -0.2) is 0 Å². The van der Waals surface area contributed by atoms with Gasteiger partial charge in [-0.3, -0.25) is 0 Å². The summed E-state index contributed by atoms with van der Waals surface area (Å²) >= 11 is 0. The molecule has 0 heteroatoms. The van der Waals surface area contributed by atoms with E-state index < -0.39 is 0 Å². The third kappa shape index (κ3) is 4.70. The Bertz CT molecular complexity index is 587. The van der Waals surface area contributed by atoms with E-state index in [0.717, 1.165) is 12.8 Å². The Balaban J connectivity index is 1.96. The summed E-state index contributed by atoms with van der Waals surface area (Å²) in [4.78, 5) is 0. The van der Waals surface area contributed by atoms with Crippen LogP contribution in [0.4, 0.5) is 0 Å². The van der Waals surface area contributed by atoms with Crippen LogP contribution in [-0.2, 0) is 18.3 Å². The summed E-state index contributed by atoms with van der Waals surface area (Å²) in [5.41, 5.74) is 6.07. The summed E-state index contributed by atoms with van der Waals surface area (Å²) in [5.74, 6) is 0.665. The summed E-state index contributed by atoms with van der Waals surface area (Å²) in [5, 5.41) is 0. The Labute approximate surface area is 143 Å². The molecule has 2 rings (SSSR count). The zero-order valence-corrected chi connectivity index (χ0v) is 15.5. The number of rotatable bonds is 7. The lowest BCUT2D eigenvalue weighted by Gasteiger charge is -2.23. The van der Waals surface area contributed by atoms with Gasteiger partial charge in [0, 0.05) is 0 Å². The van der Waals surface area contributed by atoms with Gasteiger partial charge in [-0.1, -0.05) is 83.1 Å². The van der Waals surface area contributed by atoms with Gasteiger partial charge in [0.25, 0.3) is 0 Å². The van der Waals surface area contributed by atoms with Crippen LogP contribution in [0.15, 0.2) is 48.5 Å². The first-order chi connectivity index (χ1) is 11.0. The minimum atomic E-state index is 0.282. The van der Waals surface area contributed by atoms with E-state index in [-0.39, 0.29) is 5.41 Å². The summed E-state index contributed by atoms with van der Waals surface area (Å²) in [6.07, 6.45) is 4.63. The second-order valence-corrected chi connectivity index (χ2v) is 7.49. The highest BCUT2D eigenvalue weighted by Crippen LogP contribution is 2.27. The largest absolute Gasteiger partial charge is 0.0648 e. The fraction of sp³-hybridized carbons (Fsp3) is 0.478. The summed E-state index contributed by atoms with van der Waals surface area (Å²) in [7, 11) is 0. The Morgan fingerprint density at radius 1 is 0.783 bits per heavy atom. The maximum absolute atomic E-state index is 2.32. The normalized spacial score (nSPS) is 13.1. The fourth-order valence-corrected chi connectivity index (χ4v) is 2.86. The van der Waals surface area contributed by atoms with Crippen LogP contribution in [0, 0.1) is 0 Å². The van der Waals surface area contributed by atoms with Crippen LogP contribution in [0.25, 0.3) is 0 Å². The summed E-state index contributed by atoms with van der Waals surface area (Å²) in [6.45, 7) is 11.5. The van der Waals surface area contributed by atoms with Crippen molar-refractivity contribution < 1.29 is 0 Å². The van der Waals surface area contributed by atoms with E-state index in [9.17, 15) is 0 Å². The smallest absolute Gasteiger partial charge is 0.0106 e. The first kappa shape index (κ1) is 17.8. The van der Waals surface area contributed by atoms with Gasteiger partial charge in [0.05, 0.1) is 0 Å². The molecule has 0 radical (unpaired) electrons. The highest BCUT2D eigenvalue weighted by Gasteiger charge is 2.17. The van der Waals surface area contributed by atoms with Gasteiger partial charge in [0.1, 0.15) is 0 Å². The first-order valence-corrected chi connectivity index (χ1v) is 9.14. The van der Waals surface area contributed by atoms with Crippen molar-refractivity contribution in [2.75, 3.05) is 0 Å². The molecular weight excluding hydrogens is 276 g/mol. The lowest BCUT2D eigenvalue weighted by atomic mass is 9.82. The van der Waals surface area contributed by atoms with Crippen molar-refractivity contribution in [3.05, 3.63) is 70.8 Å². The standard InChI is InChI=1S/C23H32/c1-6-18(3)21-14-10-19(11-15-21)8-9-20-12-16-22(17-13-20)23(4,5)7-2/h10-18H,6-9H2,1-5H3. The van der Waals surface area contributed by atoms with E-state index in [1.165, 1.54) is 35.1 Å². The molecule has 2 aromatic rings.